The van der Waals surface area contributed by atoms with E-state index in [1.54, 1.807) is 0 Å². The van der Waals surface area contributed by atoms with Crippen LogP contribution >= 0.6 is 11.6 Å². The Kier molecular flexibility index (Phi) is 3.16. The minimum absolute atomic E-state index is 0.811. The molecule has 0 saturated heterocycles. The fourth-order valence-corrected chi connectivity index (χ4v) is 2.66. The van der Waals surface area contributed by atoms with Crippen LogP contribution in [0, 0.1) is 0 Å². The van der Waals surface area contributed by atoms with Crippen LogP contribution in [0.2, 0.25) is 5.02 Å². The molecule has 1 nitrogen and oxygen atoms in total. The van der Waals surface area contributed by atoms with Crippen molar-refractivity contribution in [2.75, 3.05) is 0 Å². The first kappa shape index (κ1) is 11.5. The van der Waals surface area contributed by atoms with Gasteiger partial charge in [0.15, 0.2) is 0 Å². The lowest BCUT2D eigenvalue weighted by atomic mass is 9.88. The third-order valence-corrected chi connectivity index (χ3v) is 3.72. The van der Waals surface area contributed by atoms with Gasteiger partial charge in [-0.3, -0.25) is 4.98 Å². The number of aromatic nitrogens is 1. The van der Waals surface area contributed by atoms with Crippen molar-refractivity contribution in [3.63, 3.8) is 0 Å². The molecule has 0 radical (unpaired) electrons. The molecule has 2 heteroatoms. The van der Waals surface area contributed by atoms with Gasteiger partial charge < -0.3 is 0 Å². The highest BCUT2D eigenvalue weighted by Crippen LogP contribution is 2.32. The Morgan fingerprint density at radius 3 is 2.89 bits per heavy atom. The first-order chi connectivity index (χ1) is 8.84. The summed E-state index contributed by atoms with van der Waals surface area (Å²) in [6.07, 6.45) is 9.49. The number of rotatable bonds is 1. The predicted octanol–water partition coefficient (Wildman–Crippen LogP) is 4.61. The molecule has 3 rings (SSSR count). The zero-order valence-electron chi connectivity index (χ0n) is 10.1. The molecular formula is C16H14ClN. The fourth-order valence-electron chi connectivity index (χ4n) is 2.47. The van der Waals surface area contributed by atoms with Gasteiger partial charge in [-0.25, -0.2) is 0 Å². The van der Waals surface area contributed by atoms with E-state index in [4.69, 9.17) is 11.6 Å². The Labute approximate surface area is 112 Å². The lowest BCUT2D eigenvalue weighted by Gasteiger charge is -2.18. The highest BCUT2D eigenvalue weighted by atomic mass is 35.5. The first-order valence-electron chi connectivity index (χ1n) is 6.23. The van der Waals surface area contributed by atoms with E-state index in [0.717, 1.165) is 23.4 Å². The van der Waals surface area contributed by atoms with Crippen LogP contribution in [0.25, 0.3) is 11.6 Å². The average molecular weight is 256 g/mol. The van der Waals surface area contributed by atoms with E-state index in [2.05, 4.69) is 23.2 Å². The molecule has 0 fully saturated rings. The van der Waals surface area contributed by atoms with Crippen LogP contribution in [-0.2, 0) is 6.42 Å². The number of halogens is 1. The van der Waals surface area contributed by atoms with Crippen LogP contribution in [0.5, 0.6) is 0 Å². The van der Waals surface area contributed by atoms with Crippen LogP contribution in [0.1, 0.15) is 29.5 Å². The van der Waals surface area contributed by atoms with Crippen molar-refractivity contribution < 1.29 is 0 Å². The topological polar surface area (TPSA) is 12.9 Å². The summed E-state index contributed by atoms with van der Waals surface area (Å²) in [4.78, 5) is 4.20. The smallest absolute Gasteiger partial charge is 0.0478 e. The maximum atomic E-state index is 6.21. The van der Waals surface area contributed by atoms with Gasteiger partial charge in [-0.1, -0.05) is 29.8 Å². The average Bonchev–Trinajstić information content (AvgIpc) is 2.42. The molecule has 0 saturated carbocycles. The van der Waals surface area contributed by atoms with E-state index in [-0.39, 0.29) is 0 Å². The molecule has 18 heavy (non-hydrogen) atoms. The minimum atomic E-state index is 0.811. The summed E-state index contributed by atoms with van der Waals surface area (Å²) in [5.74, 6) is 0. The SMILES string of the molecule is Clc1ccccc1/C=C1\CCCc2cnccc21. The van der Waals surface area contributed by atoms with Gasteiger partial charge in [0.25, 0.3) is 0 Å². The Hall–Kier alpha value is -1.60. The van der Waals surface area contributed by atoms with Gasteiger partial charge in [-0.15, -0.1) is 0 Å². The van der Waals surface area contributed by atoms with E-state index in [1.165, 1.54) is 23.1 Å². The molecule has 0 amide bonds. The van der Waals surface area contributed by atoms with Crippen molar-refractivity contribution in [1.82, 2.24) is 4.98 Å². The number of benzene rings is 1. The van der Waals surface area contributed by atoms with E-state index in [9.17, 15) is 0 Å². The lowest BCUT2D eigenvalue weighted by Crippen LogP contribution is -2.02. The summed E-state index contributed by atoms with van der Waals surface area (Å²) in [7, 11) is 0. The van der Waals surface area contributed by atoms with Gasteiger partial charge in [0, 0.05) is 17.4 Å². The predicted molar refractivity (Wildman–Crippen MR) is 76.5 cm³/mol. The van der Waals surface area contributed by atoms with Crippen molar-refractivity contribution >= 4 is 23.3 Å². The van der Waals surface area contributed by atoms with Crippen molar-refractivity contribution in [2.24, 2.45) is 0 Å². The maximum absolute atomic E-state index is 6.21. The van der Waals surface area contributed by atoms with Crippen LogP contribution in [0.3, 0.4) is 0 Å². The first-order valence-corrected chi connectivity index (χ1v) is 6.61. The van der Waals surface area contributed by atoms with E-state index in [0.29, 0.717) is 0 Å². The number of nitrogens with zero attached hydrogens (tertiary/aromatic N) is 1. The van der Waals surface area contributed by atoms with Gasteiger partial charge in [0.1, 0.15) is 0 Å². The van der Waals surface area contributed by atoms with Crippen LogP contribution < -0.4 is 0 Å². The van der Waals surface area contributed by atoms with Crippen LogP contribution in [0.15, 0.2) is 42.7 Å². The molecule has 0 unspecified atom stereocenters. The number of hydrogen-bond acceptors (Lipinski definition) is 1. The standard InChI is InChI=1S/C16H14ClN/c17-16-7-2-1-4-13(16)10-12-5-3-6-14-11-18-9-8-15(12)14/h1-2,4,7-11H,3,5-6H2/b12-10+. The Morgan fingerprint density at radius 1 is 1.11 bits per heavy atom. The minimum Gasteiger partial charge on any atom is -0.264 e. The Morgan fingerprint density at radius 2 is 2.00 bits per heavy atom. The van der Waals surface area contributed by atoms with E-state index >= 15 is 0 Å². The zero-order valence-corrected chi connectivity index (χ0v) is 10.8. The summed E-state index contributed by atoms with van der Waals surface area (Å²) in [6.45, 7) is 0. The highest BCUT2D eigenvalue weighted by molar-refractivity contribution is 6.32. The Bertz CT molecular complexity index is 602. The summed E-state index contributed by atoms with van der Waals surface area (Å²) in [5.41, 5.74) is 5.14. The van der Waals surface area contributed by atoms with Crippen LogP contribution in [-0.4, -0.2) is 4.98 Å². The molecule has 1 heterocycles. The second-order valence-corrected chi connectivity index (χ2v) is 4.98. The molecule has 2 aromatic rings. The van der Waals surface area contributed by atoms with Crippen molar-refractivity contribution in [1.29, 1.82) is 0 Å². The number of hydrogen-bond donors (Lipinski definition) is 0. The third-order valence-electron chi connectivity index (χ3n) is 3.38. The summed E-state index contributed by atoms with van der Waals surface area (Å²) >= 11 is 6.21. The van der Waals surface area contributed by atoms with Gasteiger partial charge in [-0.05, 0) is 59.7 Å². The Balaban J connectivity index is 2.07. The highest BCUT2D eigenvalue weighted by Gasteiger charge is 2.13. The zero-order chi connectivity index (χ0) is 12.4. The second kappa shape index (κ2) is 4.95. The summed E-state index contributed by atoms with van der Waals surface area (Å²) < 4.78 is 0. The third kappa shape index (κ3) is 2.19. The van der Waals surface area contributed by atoms with Gasteiger partial charge in [0.05, 0.1) is 0 Å². The molecule has 1 aromatic carbocycles. The largest absolute Gasteiger partial charge is 0.264 e. The number of aryl methyl sites for hydroxylation is 1. The lowest BCUT2D eigenvalue weighted by molar-refractivity contribution is 0.818. The normalized spacial score (nSPS) is 16.6. The summed E-state index contributed by atoms with van der Waals surface area (Å²) in [6, 6.07) is 10.1. The molecule has 0 N–H and O–H groups in total. The molecule has 0 spiro atoms. The molecule has 90 valence electrons. The van der Waals surface area contributed by atoms with E-state index in [1.807, 2.05) is 30.6 Å². The van der Waals surface area contributed by atoms with Crippen molar-refractivity contribution in [3.8, 4) is 0 Å². The molecule has 1 aliphatic carbocycles. The molecule has 1 aliphatic rings. The molecule has 0 bridgehead atoms. The molecule has 0 atom stereocenters. The monoisotopic (exact) mass is 255 g/mol. The van der Waals surface area contributed by atoms with E-state index < -0.39 is 0 Å². The number of fused-ring (bicyclic) bond motifs is 1. The maximum Gasteiger partial charge on any atom is 0.0478 e. The molecule has 0 aliphatic heterocycles. The van der Waals surface area contributed by atoms with Gasteiger partial charge in [-0.2, -0.15) is 0 Å². The molecule has 1 aromatic heterocycles. The quantitative estimate of drug-likeness (QED) is 0.725. The van der Waals surface area contributed by atoms with Gasteiger partial charge in [0.2, 0.25) is 0 Å². The van der Waals surface area contributed by atoms with Crippen LogP contribution in [0.4, 0.5) is 0 Å². The fraction of sp³-hybridized carbons (Fsp3) is 0.188. The number of pyridine rings is 1. The second-order valence-electron chi connectivity index (χ2n) is 4.58. The number of allylic oxidation sites excluding steroid dienone is 1. The molecular weight excluding hydrogens is 242 g/mol. The summed E-state index contributed by atoms with van der Waals surface area (Å²) in [5, 5.41) is 0.811. The van der Waals surface area contributed by atoms with Crippen molar-refractivity contribution in [2.45, 2.75) is 19.3 Å². The van der Waals surface area contributed by atoms with Gasteiger partial charge >= 0.3 is 0 Å². The van der Waals surface area contributed by atoms with Crippen molar-refractivity contribution in [3.05, 3.63) is 64.4 Å².